The van der Waals surface area contributed by atoms with Crippen LogP contribution in [0.3, 0.4) is 0 Å². The maximum Gasteiger partial charge on any atom is 0.255 e. The van der Waals surface area contributed by atoms with Crippen molar-refractivity contribution in [1.82, 2.24) is 0 Å². The van der Waals surface area contributed by atoms with Gasteiger partial charge < -0.3 is 20.1 Å². The molecule has 0 bridgehead atoms. The third kappa shape index (κ3) is 4.55. The van der Waals surface area contributed by atoms with E-state index in [4.69, 9.17) is 9.47 Å². The van der Waals surface area contributed by atoms with Crippen LogP contribution in [0.25, 0.3) is 0 Å². The standard InChI is InChI=1S/C21H19FN2O3/c1-26-18-10-11-19(20(13-18)27-2)23-16-6-8-17(9-7-16)24-21(25)14-4-3-5-15(22)12-14/h3-13,23H,1-2H3,(H,24,25). The predicted octanol–water partition coefficient (Wildman–Crippen LogP) is 4.84. The minimum atomic E-state index is -0.448. The summed E-state index contributed by atoms with van der Waals surface area (Å²) in [5.41, 5.74) is 2.48. The molecule has 5 nitrogen and oxygen atoms in total. The molecule has 0 unspecified atom stereocenters. The summed E-state index contributed by atoms with van der Waals surface area (Å²) in [6.07, 6.45) is 0. The summed E-state index contributed by atoms with van der Waals surface area (Å²) in [5.74, 6) is 0.535. The van der Waals surface area contributed by atoms with E-state index in [9.17, 15) is 9.18 Å². The number of ether oxygens (including phenoxy) is 2. The molecule has 0 aliphatic carbocycles. The van der Waals surface area contributed by atoms with Crippen molar-refractivity contribution >= 4 is 23.0 Å². The van der Waals surface area contributed by atoms with Gasteiger partial charge in [0.1, 0.15) is 17.3 Å². The number of carbonyl (C=O) groups is 1. The summed E-state index contributed by atoms with van der Waals surface area (Å²) in [5, 5.41) is 5.99. The van der Waals surface area contributed by atoms with Crippen LogP contribution in [0, 0.1) is 5.82 Å². The van der Waals surface area contributed by atoms with Crippen LogP contribution in [0.15, 0.2) is 66.7 Å². The molecule has 0 radical (unpaired) electrons. The summed E-state index contributed by atoms with van der Waals surface area (Å²) < 4.78 is 23.8. The summed E-state index contributed by atoms with van der Waals surface area (Å²) in [7, 11) is 3.18. The van der Waals surface area contributed by atoms with Gasteiger partial charge in [0.05, 0.1) is 19.9 Å². The molecule has 0 aromatic heterocycles. The first-order chi connectivity index (χ1) is 13.1. The number of anilines is 3. The van der Waals surface area contributed by atoms with Gasteiger partial charge in [-0.15, -0.1) is 0 Å². The molecule has 27 heavy (non-hydrogen) atoms. The zero-order valence-electron chi connectivity index (χ0n) is 15.0. The quantitative estimate of drug-likeness (QED) is 0.655. The Morgan fingerprint density at radius 1 is 0.889 bits per heavy atom. The van der Waals surface area contributed by atoms with Crippen molar-refractivity contribution in [1.29, 1.82) is 0 Å². The fourth-order valence-corrected chi connectivity index (χ4v) is 2.53. The van der Waals surface area contributed by atoms with Gasteiger partial charge in [-0.3, -0.25) is 4.79 Å². The number of amides is 1. The van der Waals surface area contributed by atoms with Crippen molar-refractivity contribution in [2.45, 2.75) is 0 Å². The molecule has 3 aromatic rings. The van der Waals surface area contributed by atoms with E-state index >= 15 is 0 Å². The van der Waals surface area contributed by atoms with Crippen molar-refractivity contribution in [3.05, 3.63) is 78.1 Å². The van der Waals surface area contributed by atoms with Gasteiger partial charge in [0.2, 0.25) is 0 Å². The first-order valence-electron chi connectivity index (χ1n) is 8.25. The average molecular weight is 366 g/mol. The molecule has 0 saturated heterocycles. The Labute approximate surface area is 156 Å². The summed E-state index contributed by atoms with van der Waals surface area (Å²) in [6.45, 7) is 0. The van der Waals surface area contributed by atoms with Crippen LogP contribution < -0.4 is 20.1 Å². The van der Waals surface area contributed by atoms with Crippen LogP contribution in [-0.2, 0) is 0 Å². The smallest absolute Gasteiger partial charge is 0.255 e. The van der Waals surface area contributed by atoms with Gasteiger partial charge in [-0.2, -0.15) is 0 Å². The summed E-state index contributed by atoms with van der Waals surface area (Å²) in [6, 6.07) is 18.2. The molecule has 0 heterocycles. The van der Waals surface area contributed by atoms with Crippen molar-refractivity contribution in [2.24, 2.45) is 0 Å². The molecule has 0 fully saturated rings. The van der Waals surface area contributed by atoms with Gasteiger partial charge in [-0.1, -0.05) is 6.07 Å². The second kappa shape index (κ2) is 8.23. The number of hydrogen-bond acceptors (Lipinski definition) is 4. The second-order valence-corrected chi connectivity index (χ2v) is 5.73. The lowest BCUT2D eigenvalue weighted by Gasteiger charge is -2.13. The van der Waals surface area contributed by atoms with Gasteiger partial charge in [0, 0.05) is 23.0 Å². The average Bonchev–Trinajstić information content (AvgIpc) is 2.69. The Hall–Kier alpha value is -3.54. The van der Waals surface area contributed by atoms with E-state index in [0.29, 0.717) is 17.2 Å². The van der Waals surface area contributed by atoms with Gasteiger partial charge in [-0.25, -0.2) is 4.39 Å². The largest absolute Gasteiger partial charge is 0.497 e. The Balaban J connectivity index is 1.69. The molecule has 0 spiro atoms. The van der Waals surface area contributed by atoms with Gasteiger partial charge in [0.15, 0.2) is 0 Å². The van der Waals surface area contributed by atoms with Gasteiger partial charge >= 0.3 is 0 Å². The third-order valence-corrected chi connectivity index (χ3v) is 3.92. The Morgan fingerprint density at radius 3 is 2.30 bits per heavy atom. The topological polar surface area (TPSA) is 59.6 Å². The molecule has 6 heteroatoms. The van der Waals surface area contributed by atoms with E-state index in [2.05, 4.69) is 10.6 Å². The summed E-state index contributed by atoms with van der Waals surface area (Å²) in [4.78, 5) is 12.2. The molecule has 0 atom stereocenters. The third-order valence-electron chi connectivity index (χ3n) is 3.92. The molecule has 0 aliphatic heterocycles. The Morgan fingerprint density at radius 2 is 1.63 bits per heavy atom. The molecular weight excluding hydrogens is 347 g/mol. The van der Waals surface area contributed by atoms with Crippen LogP contribution in [0.2, 0.25) is 0 Å². The fourth-order valence-electron chi connectivity index (χ4n) is 2.53. The second-order valence-electron chi connectivity index (χ2n) is 5.73. The molecule has 0 saturated carbocycles. The zero-order valence-corrected chi connectivity index (χ0v) is 15.0. The number of benzene rings is 3. The highest BCUT2D eigenvalue weighted by atomic mass is 19.1. The van der Waals surface area contributed by atoms with Gasteiger partial charge in [0.25, 0.3) is 5.91 Å². The van der Waals surface area contributed by atoms with E-state index in [1.807, 2.05) is 24.3 Å². The molecule has 0 aliphatic rings. The molecule has 1 amide bonds. The first kappa shape index (κ1) is 18.3. The Kier molecular flexibility index (Phi) is 5.56. The van der Waals surface area contributed by atoms with Crippen molar-refractivity contribution in [2.75, 3.05) is 24.9 Å². The van der Waals surface area contributed by atoms with Crippen LogP contribution in [-0.4, -0.2) is 20.1 Å². The highest BCUT2D eigenvalue weighted by Gasteiger charge is 2.08. The normalized spacial score (nSPS) is 10.2. The lowest BCUT2D eigenvalue weighted by atomic mass is 10.2. The van der Waals surface area contributed by atoms with Gasteiger partial charge in [-0.05, 0) is 54.6 Å². The molecule has 2 N–H and O–H groups in total. The minimum absolute atomic E-state index is 0.264. The SMILES string of the molecule is COc1ccc(Nc2ccc(NC(=O)c3cccc(F)c3)cc2)c(OC)c1. The van der Waals surface area contributed by atoms with Crippen molar-refractivity contribution in [3.8, 4) is 11.5 Å². The number of nitrogens with one attached hydrogen (secondary N) is 2. The zero-order chi connectivity index (χ0) is 19.2. The van der Waals surface area contributed by atoms with E-state index in [1.165, 1.54) is 18.2 Å². The van der Waals surface area contributed by atoms with Crippen LogP contribution in [0.4, 0.5) is 21.5 Å². The predicted molar refractivity (Wildman–Crippen MR) is 104 cm³/mol. The highest BCUT2D eigenvalue weighted by Crippen LogP contribution is 2.31. The Bertz CT molecular complexity index is 942. The molecule has 3 rings (SSSR count). The van der Waals surface area contributed by atoms with Crippen LogP contribution in [0.5, 0.6) is 11.5 Å². The maximum atomic E-state index is 13.2. The lowest BCUT2D eigenvalue weighted by molar-refractivity contribution is 0.102. The van der Waals surface area contributed by atoms with Crippen LogP contribution in [0.1, 0.15) is 10.4 Å². The maximum absolute atomic E-state index is 13.2. The minimum Gasteiger partial charge on any atom is -0.497 e. The molecule has 3 aromatic carbocycles. The highest BCUT2D eigenvalue weighted by molar-refractivity contribution is 6.04. The van der Waals surface area contributed by atoms with E-state index in [-0.39, 0.29) is 11.5 Å². The number of hydrogen-bond donors (Lipinski definition) is 2. The molecular formula is C21H19FN2O3. The van der Waals surface area contributed by atoms with E-state index in [0.717, 1.165) is 11.4 Å². The summed E-state index contributed by atoms with van der Waals surface area (Å²) >= 11 is 0. The lowest BCUT2D eigenvalue weighted by Crippen LogP contribution is -2.11. The van der Waals surface area contributed by atoms with E-state index < -0.39 is 5.82 Å². The van der Waals surface area contributed by atoms with Crippen molar-refractivity contribution in [3.63, 3.8) is 0 Å². The number of halogens is 1. The number of rotatable bonds is 6. The monoisotopic (exact) mass is 366 g/mol. The number of carbonyl (C=O) groups excluding carboxylic acids is 1. The van der Waals surface area contributed by atoms with E-state index in [1.54, 1.807) is 38.5 Å². The fraction of sp³-hybridized carbons (Fsp3) is 0.0952. The van der Waals surface area contributed by atoms with Crippen LogP contribution >= 0.6 is 0 Å². The van der Waals surface area contributed by atoms with Crippen molar-refractivity contribution < 1.29 is 18.7 Å². The first-order valence-corrected chi connectivity index (χ1v) is 8.25. The molecule has 138 valence electrons. The number of methoxy groups -OCH3 is 2.